The van der Waals surface area contributed by atoms with Gasteiger partial charge in [-0.05, 0) is 48.9 Å². The van der Waals surface area contributed by atoms with Gasteiger partial charge in [-0.15, -0.1) is 0 Å². The molecule has 0 radical (unpaired) electrons. The number of hydrogen-bond donors (Lipinski definition) is 1. The molecule has 28 heavy (non-hydrogen) atoms. The van der Waals surface area contributed by atoms with Crippen molar-refractivity contribution in [2.45, 2.75) is 57.9 Å². The minimum atomic E-state index is -3.05. The van der Waals surface area contributed by atoms with Crippen LogP contribution in [0.2, 0.25) is 0 Å². The van der Waals surface area contributed by atoms with Crippen LogP contribution in [0.4, 0.5) is 5.82 Å². The molecule has 1 amide bonds. The number of sulfone groups is 1. The molecule has 150 valence electrons. The van der Waals surface area contributed by atoms with Gasteiger partial charge in [0.1, 0.15) is 5.82 Å². The van der Waals surface area contributed by atoms with E-state index < -0.39 is 9.84 Å². The summed E-state index contributed by atoms with van der Waals surface area (Å²) in [6.45, 7) is 6.16. The summed E-state index contributed by atoms with van der Waals surface area (Å²) in [5.74, 6) is 0.621. The molecule has 0 bridgehead atoms. The predicted molar refractivity (Wildman–Crippen MR) is 110 cm³/mol. The van der Waals surface area contributed by atoms with E-state index in [2.05, 4.69) is 31.2 Å². The Balaban J connectivity index is 1.64. The highest BCUT2D eigenvalue weighted by Gasteiger charge is 2.33. The summed E-state index contributed by atoms with van der Waals surface area (Å²) in [6.07, 6.45) is 3.76. The van der Waals surface area contributed by atoms with Gasteiger partial charge in [-0.1, -0.05) is 26.8 Å². The van der Waals surface area contributed by atoms with Gasteiger partial charge in [0.25, 0.3) is 5.91 Å². The van der Waals surface area contributed by atoms with Crippen molar-refractivity contribution in [3.63, 3.8) is 0 Å². The third kappa shape index (κ3) is 3.72. The Morgan fingerprint density at radius 3 is 2.61 bits per heavy atom. The summed E-state index contributed by atoms with van der Waals surface area (Å²) in [6, 6.07) is 7.51. The van der Waals surface area contributed by atoms with Crippen LogP contribution >= 0.6 is 0 Å². The fourth-order valence-corrected chi connectivity index (χ4v) is 5.69. The number of amides is 1. The van der Waals surface area contributed by atoms with Gasteiger partial charge in [-0.3, -0.25) is 4.79 Å². The number of nitrogens with one attached hydrogen (secondary N) is 1. The number of aromatic nitrogens is 2. The van der Waals surface area contributed by atoms with Gasteiger partial charge in [0.05, 0.1) is 23.2 Å². The van der Waals surface area contributed by atoms with Gasteiger partial charge in [-0.2, -0.15) is 5.10 Å². The normalized spacial score (nSPS) is 20.9. The van der Waals surface area contributed by atoms with Crippen LogP contribution in [0.15, 0.2) is 24.3 Å². The van der Waals surface area contributed by atoms with Crippen molar-refractivity contribution in [1.29, 1.82) is 0 Å². The number of nitrogens with zero attached hydrogens (tertiary/aromatic N) is 2. The van der Waals surface area contributed by atoms with E-state index in [4.69, 9.17) is 0 Å². The SMILES string of the molecule is CC(C)(C)c1cc(NC(=O)c2ccc3c(c2)CCC3)n(C2CCS(=O)(=O)C2)n1. The number of carbonyl (C=O) groups is 1. The molecule has 1 aliphatic carbocycles. The van der Waals surface area contributed by atoms with E-state index in [0.717, 1.165) is 25.0 Å². The fourth-order valence-electron chi connectivity index (χ4n) is 4.00. The van der Waals surface area contributed by atoms with Gasteiger partial charge in [-0.25, -0.2) is 13.1 Å². The number of anilines is 1. The van der Waals surface area contributed by atoms with Crippen molar-refractivity contribution in [1.82, 2.24) is 9.78 Å². The highest BCUT2D eigenvalue weighted by Crippen LogP contribution is 2.31. The van der Waals surface area contributed by atoms with Crippen LogP contribution in [0.1, 0.15) is 66.8 Å². The second kappa shape index (κ2) is 6.72. The van der Waals surface area contributed by atoms with Crippen LogP contribution in [-0.2, 0) is 28.1 Å². The van der Waals surface area contributed by atoms with E-state index in [9.17, 15) is 13.2 Å². The monoisotopic (exact) mass is 401 g/mol. The largest absolute Gasteiger partial charge is 0.307 e. The zero-order valence-corrected chi connectivity index (χ0v) is 17.5. The molecule has 1 unspecified atom stereocenters. The minimum absolute atomic E-state index is 0.0694. The smallest absolute Gasteiger partial charge is 0.256 e. The van der Waals surface area contributed by atoms with Crippen molar-refractivity contribution in [2.24, 2.45) is 0 Å². The Labute approximate surface area is 166 Å². The van der Waals surface area contributed by atoms with Crippen molar-refractivity contribution in [3.05, 3.63) is 46.6 Å². The van der Waals surface area contributed by atoms with Gasteiger partial charge in [0, 0.05) is 17.0 Å². The maximum atomic E-state index is 12.9. The zero-order valence-electron chi connectivity index (χ0n) is 16.7. The molecule has 0 spiro atoms. The first kappa shape index (κ1) is 19.2. The van der Waals surface area contributed by atoms with Gasteiger partial charge in [0.2, 0.25) is 0 Å². The first-order valence-corrected chi connectivity index (χ1v) is 11.7. The van der Waals surface area contributed by atoms with Crippen LogP contribution in [-0.4, -0.2) is 35.6 Å². The van der Waals surface area contributed by atoms with E-state index in [1.165, 1.54) is 11.1 Å². The number of benzene rings is 1. The Morgan fingerprint density at radius 1 is 1.18 bits per heavy atom. The molecule has 0 saturated carbocycles. The Hall–Kier alpha value is -2.15. The summed E-state index contributed by atoms with van der Waals surface area (Å²) in [4.78, 5) is 12.9. The number of hydrogen-bond acceptors (Lipinski definition) is 4. The molecule has 2 aliphatic rings. The third-order valence-electron chi connectivity index (χ3n) is 5.66. The number of fused-ring (bicyclic) bond motifs is 1. The first-order chi connectivity index (χ1) is 13.1. The minimum Gasteiger partial charge on any atom is -0.307 e. The van der Waals surface area contributed by atoms with Gasteiger partial charge >= 0.3 is 0 Å². The van der Waals surface area contributed by atoms with Crippen LogP contribution in [0.3, 0.4) is 0 Å². The van der Waals surface area contributed by atoms with E-state index in [0.29, 0.717) is 17.8 Å². The molecule has 2 heterocycles. The average Bonchev–Trinajstić information content (AvgIpc) is 3.31. The van der Waals surface area contributed by atoms with Crippen LogP contribution in [0.25, 0.3) is 0 Å². The van der Waals surface area contributed by atoms with Crippen LogP contribution < -0.4 is 5.32 Å². The van der Waals surface area contributed by atoms with Crippen LogP contribution in [0.5, 0.6) is 0 Å². The molecule has 1 N–H and O–H groups in total. The molecular formula is C21H27N3O3S. The van der Waals surface area contributed by atoms with Crippen molar-refractivity contribution in [3.8, 4) is 0 Å². The summed E-state index contributed by atoms with van der Waals surface area (Å²) in [5, 5.41) is 7.65. The molecule has 2 aromatic rings. The summed E-state index contributed by atoms with van der Waals surface area (Å²) < 4.78 is 25.6. The van der Waals surface area contributed by atoms with Crippen molar-refractivity contribution < 1.29 is 13.2 Å². The summed E-state index contributed by atoms with van der Waals surface area (Å²) in [5.41, 5.74) is 3.84. The second-order valence-electron chi connectivity index (χ2n) is 8.96. The third-order valence-corrected chi connectivity index (χ3v) is 7.41. The molecule has 1 atom stereocenters. The molecular weight excluding hydrogens is 374 g/mol. The Kier molecular flexibility index (Phi) is 4.61. The predicted octanol–water partition coefficient (Wildman–Crippen LogP) is 3.28. The van der Waals surface area contributed by atoms with Gasteiger partial charge in [0.15, 0.2) is 9.84 Å². The number of rotatable bonds is 3. The molecule has 1 aliphatic heterocycles. The highest BCUT2D eigenvalue weighted by molar-refractivity contribution is 7.91. The van der Waals surface area contributed by atoms with E-state index in [1.54, 1.807) is 4.68 Å². The molecule has 1 saturated heterocycles. The molecule has 1 aromatic heterocycles. The van der Waals surface area contributed by atoms with Crippen molar-refractivity contribution in [2.75, 3.05) is 16.8 Å². The Bertz CT molecular complexity index is 1030. The lowest BCUT2D eigenvalue weighted by Crippen LogP contribution is -2.20. The van der Waals surface area contributed by atoms with E-state index in [-0.39, 0.29) is 28.9 Å². The quantitative estimate of drug-likeness (QED) is 0.856. The van der Waals surface area contributed by atoms with E-state index in [1.807, 2.05) is 24.3 Å². The van der Waals surface area contributed by atoms with E-state index >= 15 is 0 Å². The molecule has 1 aromatic carbocycles. The van der Waals surface area contributed by atoms with Crippen LogP contribution in [0, 0.1) is 0 Å². The lowest BCUT2D eigenvalue weighted by Gasteiger charge is -2.15. The Morgan fingerprint density at radius 2 is 1.93 bits per heavy atom. The second-order valence-corrected chi connectivity index (χ2v) is 11.2. The maximum absolute atomic E-state index is 12.9. The van der Waals surface area contributed by atoms with Crippen molar-refractivity contribution >= 4 is 21.6 Å². The zero-order chi connectivity index (χ0) is 20.1. The molecule has 4 rings (SSSR count). The number of carbonyl (C=O) groups excluding carboxylic acids is 1. The molecule has 7 heteroatoms. The lowest BCUT2D eigenvalue weighted by atomic mass is 9.92. The first-order valence-electron chi connectivity index (χ1n) is 9.86. The standard InChI is InChI=1S/C21H27N3O3S/c1-21(2,3)18-12-19(24(23-18)17-9-10-28(26,27)13-17)22-20(25)16-8-7-14-5-4-6-15(14)11-16/h7-8,11-12,17H,4-6,9-10,13H2,1-3H3,(H,22,25). The average molecular weight is 402 g/mol. The lowest BCUT2D eigenvalue weighted by molar-refractivity contribution is 0.102. The van der Waals surface area contributed by atoms with Gasteiger partial charge < -0.3 is 5.32 Å². The maximum Gasteiger partial charge on any atom is 0.256 e. The number of aryl methyl sites for hydroxylation is 2. The summed E-state index contributed by atoms with van der Waals surface area (Å²) >= 11 is 0. The summed E-state index contributed by atoms with van der Waals surface area (Å²) in [7, 11) is -3.05. The molecule has 1 fully saturated rings. The highest BCUT2D eigenvalue weighted by atomic mass is 32.2. The fraction of sp³-hybridized carbons (Fsp3) is 0.524. The molecule has 6 nitrogen and oxygen atoms in total. The topological polar surface area (TPSA) is 81.1 Å².